The summed E-state index contributed by atoms with van der Waals surface area (Å²) >= 11 is 0. The molecule has 1 nitrogen and oxygen atoms in total. The number of alkyl halides is 6. The van der Waals surface area contributed by atoms with E-state index in [-0.39, 0.29) is 0 Å². The molecule has 0 heterocycles. The van der Waals surface area contributed by atoms with Crippen LogP contribution in [0, 0.1) is 0 Å². The normalized spacial score (nSPS) is 12.6. The smallest absolute Gasteiger partial charge is 0.195 e. The number of halogens is 8. The zero-order valence-corrected chi connectivity index (χ0v) is 5.55. The molecule has 0 atom stereocenters. The van der Waals surface area contributed by atoms with Gasteiger partial charge in [0.05, 0.1) is 6.20 Å². The van der Waals surface area contributed by atoms with Crippen LogP contribution in [0.15, 0.2) is 12.3 Å². The Morgan fingerprint density at radius 1 is 0.846 bits per heavy atom. The molecule has 0 rings (SSSR count). The summed E-state index contributed by atoms with van der Waals surface area (Å²) < 4.78 is 90.8. The first-order valence-corrected chi connectivity index (χ1v) is 2.51. The van der Waals surface area contributed by atoms with Gasteiger partial charge in [-0.15, -0.1) is 26.3 Å². The molecule has 0 aromatic heterocycles. The number of rotatable bonds is 1. The lowest BCUT2D eigenvalue weighted by molar-refractivity contribution is -0.354. The predicted octanol–water partition coefficient (Wildman–Crippen LogP) is 3.07. The largest absolute Gasteiger partial charge is 0.491 e. The van der Waals surface area contributed by atoms with E-state index < -0.39 is 29.8 Å². The van der Waals surface area contributed by atoms with Crippen molar-refractivity contribution >= 4 is 0 Å². The Morgan fingerprint density at radius 2 is 1.15 bits per heavy atom. The minimum absolute atomic E-state index is 1.33. The Hall–Kier alpha value is -1.02. The van der Waals surface area contributed by atoms with E-state index in [0.29, 0.717) is 0 Å². The highest BCUT2D eigenvalue weighted by atomic mass is 19.4. The van der Waals surface area contributed by atoms with Crippen LogP contribution in [0.2, 0.25) is 0 Å². The van der Waals surface area contributed by atoms with Crippen LogP contribution < -0.4 is 0 Å². The van der Waals surface area contributed by atoms with Crippen LogP contribution in [0.25, 0.3) is 0 Å². The predicted molar refractivity (Wildman–Crippen MR) is 24.2 cm³/mol. The van der Waals surface area contributed by atoms with Gasteiger partial charge in [0.2, 0.25) is 0 Å². The quantitative estimate of drug-likeness (QED) is 0.479. The highest BCUT2D eigenvalue weighted by Crippen LogP contribution is 2.34. The lowest BCUT2D eigenvalue weighted by atomic mass is 10.7. The van der Waals surface area contributed by atoms with Crippen molar-refractivity contribution in [2.75, 3.05) is 0 Å². The van der Waals surface area contributed by atoms with E-state index in [1.54, 1.807) is 0 Å². The van der Waals surface area contributed by atoms with E-state index in [9.17, 15) is 35.1 Å². The van der Waals surface area contributed by atoms with Gasteiger partial charge in [-0.2, -0.15) is 13.7 Å². The van der Waals surface area contributed by atoms with E-state index in [2.05, 4.69) is 0 Å². The third kappa shape index (κ3) is 3.95. The van der Waals surface area contributed by atoms with Crippen LogP contribution in [0.1, 0.15) is 0 Å². The maximum Gasteiger partial charge on any atom is 0.491 e. The van der Waals surface area contributed by atoms with E-state index in [1.807, 2.05) is 0 Å². The Morgan fingerprint density at radius 3 is 1.23 bits per heavy atom. The molecule has 0 spiro atoms. The summed E-state index contributed by atoms with van der Waals surface area (Å²) in [7, 11) is 0. The van der Waals surface area contributed by atoms with Crippen LogP contribution >= 0.6 is 0 Å². The van der Waals surface area contributed by atoms with Crippen molar-refractivity contribution in [2.45, 2.75) is 12.6 Å². The van der Waals surface area contributed by atoms with Gasteiger partial charge in [0.25, 0.3) is 6.08 Å². The fraction of sp³-hybridized carbons (Fsp3) is 0.500. The summed E-state index contributed by atoms with van der Waals surface area (Å²) in [5.74, 6) is 0. The molecule has 0 aromatic carbocycles. The van der Waals surface area contributed by atoms with E-state index in [0.717, 1.165) is 0 Å². The van der Waals surface area contributed by atoms with Crippen molar-refractivity contribution in [3.63, 3.8) is 0 Å². The van der Waals surface area contributed by atoms with E-state index in [1.165, 1.54) is 0 Å². The van der Waals surface area contributed by atoms with E-state index in [4.69, 9.17) is 0 Å². The summed E-state index contributed by atoms with van der Waals surface area (Å²) in [6.45, 7) is 0. The maximum atomic E-state index is 11.4. The van der Waals surface area contributed by atoms with Crippen molar-refractivity contribution in [1.29, 1.82) is 0 Å². The zero-order valence-electron chi connectivity index (χ0n) is 5.55. The molecule has 0 radical (unpaired) electrons. The third-order valence-electron chi connectivity index (χ3n) is 0.773. The van der Waals surface area contributed by atoms with Crippen molar-refractivity contribution in [1.82, 2.24) is 4.90 Å². The molecule has 0 unspecified atom stereocenters. The Balaban J connectivity index is 4.90. The number of nitrogens with zero attached hydrogens (tertiary/aromatic N) is 1. The van der Waals surface area contributed by atoms with Gasteiger partial charge in [-0.3, -0.25) is 0 Å². The van der Waals surface area contributed by atoms with Gasteiger partial charge in [-0.1, -0.05) is 0 Å². The van der Waals surface area contributed by atoms with Crippen LogP contribution in [-0.2, 0) is 0 Å². The molecule has 0 saturated heterocycles. The second-order valence-corrected chi connectivity index (χ2v) is 1.72. The van der Waals surface area contributed by atoms with Crippen LogP contribution in [0.5, 0.6) is 0 Å². The first kappa shape index (κ1) is 12.0. The Labute approximate surface area is 66.2 Å². The highest BCUT2D eigenvalue weighted by molar-refractivity contribution is 4.84. The first-order chi connectivity index (χ1) is 5.55. The molecule has 0 aromatic rings. The summed E-state index contributed by atoms with van der Waals surface area (Å²) in [6.07, 6.45) is -16.3. The lowest BCUT2D eigenvalue weighted by Crippen LogP contribution is -2.44. The maximum absolute atomic E-state index is 11.4. The average Bonchev–Trinajstić information content (AvgIpc) is 1.77. The molecule has 0 fully saturated rings. The minimum atomic E-state index is -5.92. The minimum Gasteiger partial charge on any atom is -0.195 e. The number of hydrogen-bond acceptors (Lipinski definition) is 1. The van der Waals surface area contributed by atoms with Crippen molar-refractivity contribution in [3.05, 3.63) is 12.3 Å². The molecular formula is C4HF8N. The third-order valence-corrected chi connectivity index (χ3v) is 0.773. The van der Waals surface area contributed by atoms with Gasteiger partial charge in [0.15, 0.2) is 0 Å². The molecule has 0 N–H and O–H groups in total. The summed E-state index contributed by atoms with van der Waals surface area (Å²) in [5, 5.41) is 0. The zero-order chi connectivity index (χ0) is 10.9. The molecule has 0 amide bonds. The average molecular weight is 215 g/mol. The lowest BCUT2D eigenvalue weighted by Gasteiger charge is -2.24. The van der Waals surface area contributed by atoms with Crippen LogP contribution in [0.4, 0.5) is 35.1 Å². The second kappa shape index (κ2) is 3.38. The topological polar surface area (TPSA) is 3.24 Å². The summed E-state index contributed by atoms with van der Waals surface area (Å²) in [5.41, 5.74) is 0. The Bertz CT molecular complexity index is 181. The highest BCUT2D eigenvalue weighted by Gasteiger charge is 2.52. The molecule has 9 heteroatoms. The van der Waals surface area contributed by atoms with Crippen molar-refractivity contribution in [3.8, 4) is 0 Å². The second-order valence-electron chi connectivity index (χ2n) is 1.72. The van der Waals surface area contributed by atoms with Gasteiger partial charge in [-0.05, 0) is 0 Å². The van der Waals surface area contributed by atoms with Crippen molar-refractivity contribution in [2.24, 2.45) is 0 Å². The molecule has 78 valence electrons. The van der Waals surface area contributed by atoms with E-state index >= 15 is 0 Å². The monoisotopic (exact) mass is 215 g/mol. The van der Waals surface area contributed by atoms with Gasteiger partial charge in [0.1, 0.15) is 0 Å². The van der Waals surface area contributed by atoms with Crippen LogP contribution in [-0.4, -0.2) is 17.5 Å². The molecule has 0 aliphatic heterocycles. The fourth-order valence-corrected chi connectivity index (χ4v) is 0.388. The van der Waals surface area contributed by atoms with Gasteiger partial charge >= 0.3 is 12.6 Å². The fourth-order valence-electron chi connectivity index (χ4n) is 0.388. The standard InChI is InChI=1S/C4HF8N/c5-2(6)1-13(3(7,8)9)4(10,11)12/h1H. The van der Waals surface area contributed by atoms with Gasteiger partial charge in [0, 0.05) is 0 Å². The SMILES string of the molecule is FC(F)=CN(C(F)(F)F)C(F)(F)F. The van der Waals surface area contributed by atoms with Crippen LogP contribution in [0.3, 0.4) is 0 Å². The van der Waals surface area contributed by atoms with Crippen molar-refractivity contribution < 1.29 is 35.1 Å². The summed E-state index contributed by atoms with van der Waals surface area (Å²) in [4.78, 5) is -2.34. The molecule has 13 heavy (non-hydrogen) atoms. The van der Waals surface area contributed by atoms with Gasteiger partial charge < -0.3 is 0 Å². The first-order valence-electron chi connectivity index (χ1n) is 2.51. The van der Waals surface area contributed by atoms with Gasteiger partial charge in [-0.25, -0.2) is 0 Å². The molecule has 0 aliphatic rings. The Kier molecular flexibility index (Phi) is 3.12. The summed E-state index contributed by atoms with van der Waals surface area (Å²) in [6, 6.07) is 0. The number of hydrogen-bond donors (Lipinski definition) is 0. The molecular weight excluding hydrogens is 214 g/mol. The molecule has 0 saturated carbocycles. The molecule has 0 aliphatic carbocycles. The molecule has 0 bridgehead atoms.